The van der Waals surface area contributed by atoms with E-state index in [1.54, 1.807) is 19.1 Å². The summed E-state index contributed by atoms with van der Waals surface area (Å²) in [5.41, 5.74) is -0.133. The van der Waals surface area contributed by atoms with Gasteiger partial charge in [-0.15, -0.1) is 0 Å². The van der Waals surface area contributed by atoms with Crippen LogP contribution in [0.1, 0.15) is 34.1 Å². The van der Waals surface area contributed by atoms with E-state index in [4.69, 9.17) is 17.3 Å². The second-order valence-electron chi connectivity index (χ2n) is 9.84. The van der Waals surface area contributed by atoms with E-state index in [0.717, 1.165) is 6.07 Å². The number of fused-ring (bicyclic) bond motifs is 1. The number of pyridine rings is 1. The van der Waals surface area contributed by atoms with Crippen LogP contribution in [0.2, 0.25) is 0 Å². The molecule has 2 amide bonds. The molecule has 0 spiro atoms. The molecule has 2 aromatic heterocycles. The molecule has 3 aromatic rings. The number of aromatic nitrogens is 3. The van der Waals surface area contributed by atoms with Crippen molar-refractivity contribution in [1.82, 2.24) is 24.3 Å². The number of alkyl halides is 3. The summed E-state index contributed by atoms with van der Waals surface area (Å²) in [5, 5.41) is 9.14. The number of hydrogen-bond acceptors (Lipinski definition) is 6. The number of halogens is 4. The van der Waals surface area contributed by atoms with Crippen LogP contribution >= 0.6 is 28.1 Å². The molecule has 10 nitrogen and oxygen atoms in total. The molecule has 41 heavy (non-hydrogen) atoms. The zero-order valence-electron chi connectivity index (χ0n) is 21.6. The first-order valence-corrected chi connectivity index (χ1v) is 13.8. The van der Waals surface area contributed by atoms with E-state index in [0.29, 0.717) is 48.9 Å². The van der Waals surface area contributed by atoms with Crippen LogP contribution in [0.4, 0.5) is 23.8 Å². The Bertz CT molecular complexity index is 1630. The molecule has 2 aliphatic heterocycles. The monoisotopic (exact) mass is 652 g/mol. The Kier molecular flexibility index (Phi) is 7.68. The van der Waals surface area contributed by atoms with Gasteiger partial charge >= 0.3 is 12.3 Å². The topological polar surface area (TPSA) is 115 Å². The highest BCUT2D eigenvalue weighted by Gasteiger charge is 2.35. The molecule has 1 aromatic carbocycles. The van der Waals surface area contributed by atoms with Crippen LogP contribution in [0.5, 0.6) is 0 Å². The van der Waals surface area contributed by atoms with Crippen molar-refractivity contribution in [2.45, 2.75) is 32.1 Å². The second kappa shape index (κ2) is 10.9. The fourth-order valence-electron chi connectivity index (χ4n) is 5.07. The number of nitrogens with zero attached hydrogens (tertiary/aromatic N) is 5. The van der Waals surface area contributed by atoms with Gasteiger partial charge in [0, 0.05) is 53.5 Å². The fourth-order valence-corrected chi connectivity index (χ4v) is 5.85. The largest absolute Gasteiger partial charge is 0.465 e. The molecule has 0 radical (unpaired) electrons. The lowest BCUT2D eigenvalue weighted by Crippen LogP contribution is -2.48. The van der Waals surface area contributed by atoms with Crippen molar-refractivity contribution in [3.63, 3.8) is 0 Å². The lowest BCUT2D eigenvalue weighted by molar-refractivity contribution is -0.138. The van der Waals surface area contributed by atoms with Gasteiger partial charge in [-0.3, -0.25) is 14.2 Å². The molecule has 0 saturated carbocycles. The SMILES string of the molecule is C[C@@H]1Cc2c([nH]c(=S)n(-c3ccc(N4CCN(C(=O)O)CC4)nc3)c2=O)CN1C(=O)c1ccc(Br)c(C(F)(F)F)c1. The molecule has 2 aliphatic rings. The minimum absolute atomic E-state index is 0.0218. The van der Waals surface area contributed by atoms with Crippen molar-refractivity contribution in [3.8, 4) is 5.69 Å². The van der Waals surface area contributed by atoms with Gasteiger partial charge in [0.05, 0.1) is 24.0 Å². The maximum absolute atomic E-state index is 13.5. The van der Waals surface area contributed by atoms with Crippen LogP contribution in [0.15, 0.2) is 45.8 Å². The van der Waals surface area contributed by atoms with Crippen molar-refractivity contribution in [1.29, 1.82) is 0 Å². The summed E-state index contributed by atoms with van der Waals surface area (Å²) in [5.74, 6) is 0.0534. The Morgan fingerprint density at radius 3 is 2.46 bits per heavy atom. The molecular formula is C26H24BrF3N6O4S. The minimum Gasteiger partial charge on any atom is -0.465 e. The average Bonchev–Trinajstić information content (AvgIpc) is 2.93. The number of piperazine rings is 1. The van der Waals surface area contributed by atoms with E-state index in [-0.39, 0.29) is 33.3 Å². The highest BCUT2D eigenvalue weighted by Crippen LogP contribution is 2.36. The number of anilines is 1. The maximum atomic E-state index is 13.5. The molecule has 1 saturated heterocycles. The average molecular weight is 653 g/mol. The van der Waals surface area contributed by atoms with Gasteiger partial charge in [0.1, 0.15) is 5.82 Å². The van der Waals surface area contributed by atoms with E-state index in [1.165, 1.54) is 32.7 Å². The van der Waals surface area contributed by atoms with Crippen molar-refractivity contribution >= 4 is 46.0 Å². The third-order valence-corrected chi connectivity index (χ3v) is 8.27. The molecule has 5 rings (SSSR count). The van der Waals surface area contributed by atoms with Crippen LogP contribution < -0.4 is 10.5 Å². The molecule has 15 heteroatoms. The van der Waals surface area contributed by atoms with E-state index in [2.05, 4.69) is 25.9 Å². The zero-order valence-corrected chi connectivity index (χ0v) is 24.0. The quantitative estimate of drug-likeness (QED) is 0.402. The summed E-state index contributed by atoms with van der Waals surface area (Å²) >= 11 is 8.37. The minimum atomic E-state index is -4.63. The molecule has 1 fully saturated rings. The lowest BCUT2D eigenvalue weighted by Gasteiger charge is -2.35. The molecule has 216 valence electrons. The molecule has 2 N–H and O–H groups in total. The van der Waals surface area contributed by atoms with Crippen LogP contribution in [0, 0.1) is 4.77 Å². The fraction of sp³-hybridized carbons (Fsp3) is 0.346. The summed E-state index contributed by atoms with van der Waals surface area (Å²) in [6.07, 6.45) is -3.90. The van der Waals surface area contributed by atoms with Crippen molar-refractivity contribution < 1.29 is 27.9 Å². The van der Waals surface area contributed by atoms with Gasteiger partial charge in [0.2, 0.25) is 0 Å². The summed E-state index contributed by atoms with van der Waals surface area (Å²) in [7, 11) is 0. The van der Waals surface area contributed by atoms with Crippen LogP contribution in [0.3, 0.4) is 0 Å². The van der Waals surface area contributed by atoms with E-state index >= 15 is 0 Å². The number of benzene rings is 1. The predicted octanol–water partition coefficient (Wildman–Crippen LogP) is 4.46. The maximum Gasteiger partial charge on any atom is 0.417 e. The molecular weight excluding hydrogens is 629 g/mol. The Labute approximate surface area is 245 Å². The van der Waals surface area contributed by atoms with Crippen LogP contribution in [-0.4, -0.2) is 73.7 Å². The molecule has 4 heterocycles. The Morgan fingerprint density at radius 1 is 1.15 bits per heavy atom. The normalized spacial score (nSPS) is 17.4. The van der Waals surface area contributed by atoms with Gasteiger partial charge in [-0.2, -0.15) is 13.2 Å². The Hall–Kier alpha value is -3.72. The first-order chi connectivity index (χ1) is 19.3. The van der Waals surface area contributed by atoms with E-state index in [1.807, 2.05) is 4.90 Å². The van der Waals surface area contributed by atoms with Crippen molar-refractivity contribution in [2.24, 2.45) is 0 Å². The number of nitrogens with one attached hydrogen (secondary N) is 1. The first-order valence-electron chi connectivity index (χ1n) is 12.6. The summed E-state index contributed by atoms with van der Waals surface area (Å²) in [6, 6.07) is 6.31. The van der Waals surface area contributed by atoms with Gasteiger partial charge < -0.3 is 24.8 Å². The molecule has 0 unspecified atom stereocenters. The zero-order chi connectivity index (χ0) is 29.6. The molecule has 0 aliphatic carbocycles. The number of hydrogen-bond donors (Lipinski definition) is 2. The van der Waals surface area contributed by atoms with Crippen LogP contribution in [0.25, 0.3) is 5.69 Å². The van der Waals surface area contributed by atoms with E-state index in [9.17, 15) is 27.6 Å². The third-order valence-electron chi connectivity index (χ3n) is 7.29. The second-order valence-corrected chi connectivity index (χ2v) is 11.1. The lowest BCUT2D eigenvalue weighted by atomic mass is 9.98. The van der Waals surface area contributed by atoms with Gasteiger partial charge in [-0.05, 0) is 55.9 Å². The summed E-state index contributed by atoms with van der Waals surface area (Å²) in [6.45, 7) is 3.40. The highest BCUT2D eigenvalue weighted by molar-refractivity contribution is 9.10. The number of rotatable bonds is 3. The standard InChI is InChI=1S/C26H24BrF3N6O4S/c1-14-10-17-20(13-35(14)22(37)15-2-4-19(27)18(11-15)26(28,29)30)32-24(41)36(23(17)38)16-3-5-21(31-12-16)33-6-8-34(9-7-33)25(39)40/h2-5,11-12,14H,6-10,13H2,1H3,(H,32,41)(H,39,40)/t14-/m1/s1. The van der Waals surface area contributed by atoms with E-state index < -0.39 is 29.8 Å². The summed E-state index contributed by atoms with van der Waals surface area (Å²) < 4.78 is 41.4. The predicted molar refractivity (Wildman–Crippen MR) is 149 cm³/mol. The van der Waals surface area contributed by atoms with Gasteiger partial charge in [0.15, 0.2) is 4.77 Å². The van der Waals surface area contributed by atoms with Gasteiger partial charge in [-0.1, -0.05) is 15.9 Å². The van der Waals surface area contributed by atoms with Gasteiger partial charge in [0.25, 0.3) is 11.5 Å². The highest BCUT2D eigenvalue weighted by atomic mass is 79.9. The molecule has 1 atom stereocenters. The first kappa shape index (κ1) is 28.8. The number of carbonyl (C=O) groups is 2. The smallest absolute Gasteiger partial charge is 0.417 e. The summed E-state index contributed by atoms with van der Waals surface area (Å²) in [4.78, 5) is 50.2. The Balaban J connectivity index is 1.39. The Morgan fingerprint density at radius 2 is 1.85 bits per heavy atom. The van der Waals surface area contributed by atoms with Crippen molar-refractivity contribution in [3.05, 3.63) is 78.5 Å². The number of amides is 2. The van der Waals surface area contributed by atoms with Gasteiger partial charge in [-0.25, -0.2) is 9.78 Å². The molecule has 0 bridgehead atoms. The number of H-pyrrole nitrogens is 1. The third kappa shape index (κ3) is 5.60. The number of carbonyl (C=O) groups excluding carboxylic acids is 1. The number of carboxylic acid groups (broad SMARTS) is 1. The number of aromatic amines is 1. The van der Waals surface area contributed by atoms with Crippen LogP contribution in [-0.2, 0) is 19.1 Å². The van der Waals surface area contributed by atoms with Crippen molar-refractivity contribution in [2.75, 3.05) is 31.1 Å².